The van der Waals surface area contributed by atoms with Gasteiger partial charge in [-0.1, -0.05) is 99.1 Å². The van der Waals surface area contributed by atoms with E-state index in [-0.39, 0.29) is 76.0 Å². The lowest BCUT2D eigenvalue weighted by Crippen LogP contribution is -2.61. The normalized spacial score (nSPS) is 17.4. The van der Waals surface area contributed by atoms with Gasteiger partial charge in [0, 0.05) is 85.7 Å². The zero-order chi connectivity index (χ0) is 75.6. The summed E-state index contributed by atoms with van der Waals surface area (Å²) < 4.78 is 0. The lowest BCUT2D eigenvalue weighted by atomic mass is 9.97. The number of aromatic nitrogens is 3. The van der Waals surface area contributed by atoms with E-state index in [1.54, 1.807) is 105 Å². The number of likely N-dealkylation sites (tertiary alicyclic amines) is 2. The molecule has 0 spiro atoms. The number of nitrogens with zero attached hydrogens (tertiary/aromatic N) is 3. The molecule has 4 heterocycles. The molecule has 2 saturated heterocycles. The number of para-hydroxylation sites is 1. The van der Waals surface area contributed by atoms with E-state index in [4.69, 9.17) is 5.73 Å². The molecule has 0 bridgehead atoms. The molecular formula is C70H93N15O16S3. The van der Waals surface area contributed by atoms with Crippen molar-refractivity contribution in [1.82, 2.24) is 72.6 Å². The van der Waals surface area contributed by atoms with Crippen LogP contribution in [0.5, 0.6) is 0 Å². The number of benzene rings is 3. The minimum absolute atomic E-state index is 0.00621. The second-order valence-corrected chi connectivity index (χ2v) is 27.4. The fraction of sp³-hybridized carbons (Fsp3) is 0.486. The van der Waals surface area contributed by atoms with Crippen LogP contribution >= 0.6 is 37.0 Å². The van der Waals surface area contributed by atoms with Crippen LogP contribution in [0.25, 0.3) is 10.9 Å². The maximum Gasteiger partial charge on any atom is 0.327 e. The van der Waals surface area contributed by atoms with Crippen molar-refractivity contribution in [3.05, 3.63) is 126 Å². The Hall–Kier alpha value is -9.51. The number of aliphatic carboxylic acids is 2. The number of carbonyl (C=O) groups excluding carboxylic acids is 11. The third-order valence-electron chi connectivity index (χ3n) is 18.3. The Bertz CT molecular complexity index is 3780. The molecule has 0 saturated carbocycles. The van der Waals surface area contributed by atoms with Crippen LogP contribution in [0.4, 0.5) is 0 Å². The molecule has 2 aliphatic rings. The monoisotopic (exact) mass is 1500 g/mol. The summed E-state index contributed by atoms with van der Waals surface area (Å²) in [6.07, 6.45) is 5.66. The quantitative estimate of drug-likeness (QED) is 0.0219. The molecule has 16 N–H and O–H groups in total. The van der Waals surface area contributed by atoms with Gasteiger partial charge < -0.3 is 88.7 Å². The number of imidazole rings is 1. The number of thiol groups is 2. The third-order valence-corrected chi connectivity index (χ3v) is 19.7. The molecule has 104 heavy (non-hydrogen) atoms. The highest BCUT2D eigenvalue weighted by atomic mass is 32.2. The molecule has 2 fully saturated rings. The lowest BCUT2D eigenvalue weighted by Gasteiger charge is -2.32. The zero-order valence-electron chi connectivity index (χ0n) is 57.9. The molecule has 7 rings (SSSR count). The number of carbonyl (C=O) groups is 13. The first kappa shape index (κ1) is 81.8. The summed E-state index contributed by atoms with van der Waals surface area (Å²) >= 11 is 9.46. The summed E-state index contributed by atoms with van der Waals surface area (Å²) in [7, 11) is 0. The van der Waals surface area contributed by atoms with Crippen molar-refractivity contribution in [1.29, 1.82) is 0 Å². The summed E-state index contributed by atoms with van der Waals surface area (Å²) in [6, 6.07) is 7.86. The van der Waals surface area contributed by atoms with Gasteiger partial charge in [0.05, 0.1) is 19.0 Å². The van der Waals surface area contributed by atoms with E-state index in [0.29, 0.717) is 51.9 Å². The van der Waals surface area contributed by atoms with Crippen LogP contribution in [-0.2, 0) is 88.0 Å². The topological polar surface area (TPSA) is 468 Å². The van der Waals surface area contributed by atoms with Gasteiger partial charge in [-0.05, 0) is 79.2 Å². The third kappa shape index (κ3) is 23.2. The fourth-order valence-corrected chi connectivity index (χ4v) is 13.2. The molecule has 5 aromatic rings. The molecule has 13 atom stereocenters. The van der Waals surface area contributed by atoms with Gasteiger partial charge in [0.1, 0.15) is 66.5 Å². The molecule has 2 aliphatic heterocycles. The van der Waals surface area contributed by atoms with Crippen LogP contribution in [0.3, 0.4) is 0 Å². The molecule has 31 nitrogen and oxygen atoms in total. The molecule has 3 aromatic carbocycles. The second kappa shape index (κ2) is 40.5. The van der Waals surface area contributed by atoms with Crippen molar-refractivity contribution in [2.75, 3.05) is 43.2 Å². The number of nitrogens with two attached hydrogens (primary N) is 1. The van der Waals surface area contributed by atoms with Gasteiger partial charge >= 0.3 is 11.9 Å². The average Bonchev–Trinajstić information content (AvgIpc) is 1.62. The number of aromatic amines is 2. The van der Waals surface area contributed by atoms with E-state index < -0.39 is 175 Å². The Balaban J connectivity index is 1.10. The largest absolute Gasteiger partial charge is 0.481 e. The van der Waals surface area contributed by atoms with Crippen molar-refractivity contribution in [3.63, 3.8) is 0 Å². The average molecular weight is 1500 g/mol. The number of H-pyrrole nitrogens is 2. The molecular weight excluding hydrogens is 1400 g/mol. The smallest absolute Gasteiger partial charge is 0.327 e. The highest BCUT2D eigenvalue weighted by Crippen LogP contribution is 2.25. The first-order valence-electron chi connectivity index (χ1n) is 34.3. The van der Waals surface area contributed by atoms with Crippen LogP contribution in [0, 0.1) is 5.92 Å². The Morgan fingerprint density at radius 3 is 1.60 bits per heavy atom. The maximum atomic E-state index is 15.1. The Morgan fingerprint density at radius 1 is 0.577 bits per heavy atom. The SMILES string of the molecule is CC[C@H](C)[C@H](NC(=O)[C@@H](N)CS)C(=O)N[C@@H](CO)C(=O)N[C@@H](Cc1c[nH]c2ccccc12)C(=O)N1CCC[C@H]1C(=O)N[C@@H](Cc1ccccc1)C(=O)N[C@@H](CCC(=O)O)C(=O)N[C@@H](CCSC)C(=O)N1CCC[C@H]1C(=O)N[C@@H](Cc1ccccc1)C(=O)N[C@@H](Cc1cnc[nH]1)C(=O)N[C@@H](CS)C(=O)O. The van der Waals surface area contributed by atoms with Crippen molar-refractivity contribution in [3.8, 4) is 0 Å². The molecule has 0 aliphatic carbocycles. The number of aliphatic hydroxyl groups is 1. The summed E-state index contributed by atoms with van der Waals surface area (Å²) in [5.41, 5.74) is 8.75. The van der Waals surface area contributed by atoms with Crippen LogP contribution < -0.4 is 53.6 Å². The van der Waals surface area contributed by atoms with Gasteiger partial charge in [0.2, 0.25) is 65.0 Å². The van der Waals surface area contributed by atoms with Gasteiger partial charge in [-0.15, -0.1) is 0 Å². The predicted molar refractivity (Wildman–Crippen MR) is 391 cm³/mol. The van der Waals surface area contributed by atoms with Crippen LogP contribution in [-0.4, -0.2) is 233 Å². The Kier molecular flexibility index (Phi) is 31.9. The number of hydrogen-bond donors (Lipinski definition) is 17. The van der Waals surface area contributed by atoms with E-state index in [9.17, 15) is 72.9 Å². The number of rotatable bonds is 40. The molecule has 0 radical (unpaired) electrons. The van der Waals surface area contributed by atoms with E-state index in [1.165, 1.54) is 34.1 Å². The molecule has 34 heteroatoms. The Labute approximate surface area is 616 Å². The second-order valence-electron chi connectivity index (χ2n) is 25.7. The minimum Gasteiger partial charge on any atom is -0.481 e. The Morgan fingerprint density at radius 2 is 1.08 bits per heavy atom. The number of hydrogen-bond acceptors (Lipinski definition) is 19. The van der Waals surface area contributed by atoms with Crippen LogP contribution in [0.2, 0.25) is 0 Å². The number of carboxylic acid groups (broad SMARTS) is 2. The standard InChI is InChI=1S/C70H93N15O16S3/c1-4-39(2)58(83-59(89)45(71)36-102)67(97)81-53(35-86)64(94)80-52(31-42-33-73-46-20-12-11-19-44(42)46)69(99)85-27-14-22-56(85)66(96)78-49(29-40-15-7-5-8-16-40)61(91)75-47(23-24-57(87)88)60(90)76-48(25-28-104-3)68(98)84-26-13-21-55(84)65(95)79-50(30-41-17-9-6-10-18-41)62(92)77-51(32-43-34-72-38-74-43)63(93)82-54(37-103)70(100)101/h5-12,15-20,33-34,38-39,45,47-56,58,73,86,102-103H,4,13-14,21-32,35-37,71H2,1-3H3,(H,72,74)(H,75,91)(H,76,90)(H,77,92)(H,78,96)(H,79,95)(H,80,94)(H,81,97)(H,82,93)(H,83,89)(H,87,88)(H,100,101)/t39-,45-,47-,48-,49-,50-,51-,52-,53-,54-,55-,56-,58-/m0/s1. The van der Waals surface area contributed by atoms with Crippen molar-refractivity contribution < 1.29 is 77.6 Å². The number of aliphatic hydroxyl groups excluding tert-OH is 1. The van der Waals surface area contributed by atoms with Crippen LogP contribution in [0.15, 0.2) is 104 Å². The summed E-state index contributed by atoms with van der Waals surface area (Å²) in [4.78, 5) is 195. The first-order valence-corrected chi connectivity index (χ1v) is 37.0. The highest BCUT2D eigenvalue weighted by molar-refractivity contribution is 7.98. The number of nitrogens with one attached hydrogen (secondary N) is 11. The molecule has 2 aromatic heterocycles. The van der Waals surface area contributed by atoms with Gasteiger partial charge in [0.25, 0.3) is 0 Å². The van der Waals surface area contributed by atoms with E-state index in [1.807, 2.05) is 6.07 Å². The van der Waals surface area contributed by atoms with E-state index >= 15 is 4.79 Å². The summed E-state index contributed by atoms with van der Waals surface area (Å²) in [5, 5.41) is 54.7. The predicted octanol–water partition coefficient (Wildman–Crippen LogP) is -0.565. The zero-order valence-corrected chi connectivity index (χ0v) is 60.5. The fourth-order valence-electron chi connectivity index (χ4n) is 12.3. The molecule has 562 valence electrons. The van der Waals surface area contributed by atoms with Crippen LogP contribution in [0.1, 0.15) is 87.6 Å². The van der Waals surface area contributed by atoms with Gasteiger partial charge in [-0.3, -0.25) is 57.5 Å². The van der Waals surface area contributed by atoms with Crippen molar-refractivity contribution >= 4 is 125 Å². The maximum absolute atomic E-state index is 15.1. The van der Waals surface area contributed by atoms with Gasteiger partial charge in [0.15, 0.2) is 0 Å². The van der Waals surface area contributed by atoms with E-state index in [2.05, 4.69) is 88.1 Å². The van der Waals surface area contributed by atoms with E-state index in [0.717, 1.165) is 0 Å². The number of amides is 11. The highest BCUT2D eigenvalue weighted by Gasteiger charge is 2.43. The van der Waals surface area contributed by atoms with Crippen molar-refractivity contribution in [2.24, 2.45) is 11.7 Å². The summed E-state index contributed by atoms with van der Waals surface area (Å²) in [5.74, 6) is -12.2. The number of thioether (sulfide) groups is 1. The number of fused-ring (bicyclic) bond motifs is 1. The number of carboxylic acids is 2. The molecule has 0 unspecified atom stereocenters. The van der Waals surface area contributed by atoms with Gasteiger partial charge in [-0.25, -0.2) is 9.78 Å². The first-order chi connectivity index (χ1) is 49.9. The minimum atomic E-state index is -1.65. The summed E-state index contributed by atoms with van der Waals surface area (Å²) in [6.45, 7) is 2.60. The lowest BCUT2D eigenvalue weighted by molar-refractivity contribution is -0.143. The van der Waals surface area contributed by atoms with Crippen molar-refractivity contribution in [2.45, 2.75) is 163 Å². The van der Waals surface area contributed by atoms with Gasteiger partial charge in [-0.2, -0.15) is 37.0 Å². The molecule has 11 amide bonds.